The van der Waals surface area contributed by atoms with Crippen LogP contribution in [0.15, 0.2) is 18.2 Å². The Hall–Kier alpha value is -1.98. The highest BCUT2D eigenvalue weighted by Crippen LogP contribution is 2.30. The summed E-state index contributed by atoms with van der Waals surface area (Å²) in [6, 6.07) is 3.00. The van der Waals surface area contributed by atoms with E-state index in [0.717, 1.165) is 25.0 Å². The van der Waals surface area contributed by atoms with Gasteiger partial charge in [0.1, 0.15) is 0 Å². The van der Waals surface area contributed by atoms with Gasteiger partial charge in [-0.3, -0.25) is 4.79 Å². The summed E-state index contributed by atoms with van der Waals surface area (Å²) < 4.78 is 25.8. The number of amides is 1. The third-order valence-electron chi connectivity index (χ3n) is 3.59. The van der Waals surface area contributed by atoms with Gasteiger partial charge < -0.3 is 15.2 Å². The van der Waals surface area contributed by atoms with Crippen LogP contribution in [0, 0.1) is 23.5 Å². The number of rotatable bonds is 3. The summed E-state index contributed by atoms with van der Waals surface area (Å²) in [5.41, 5.74) is 0.108. The Labute approximate surface area is 114 Å². The summed E-state index contributed by atoms with van der Waals surface area (Å²) in [7, 11) is 0. The molecule has 0 aromatic heterocycles. The summed E-state index contributed by atoms with van der Waals surface area (Å²) in [6.07, 6.45) is 2.36. The van der Waals surface area contributed by atoms with E-state index in [0.29, 0.717) is 12.8 Å². The predicted octanol–water partition coefficient (Wildman–Crippen LogP) is 1.46. The number of benzene rings is 1. The summed E-state index contributed by atoms with van der Waals surface area (Å²) in [5.74, 6) is -5.33. The zero-order chi connectivity index (χ0) is 14.7. The second kappa shape index (κ2) is 5.98. The highest BCUT2D eigenvalue weighted by molar-refractivity contribution is 5.95. The number of carbonyl (C=O) groups is 2. The lowest BCUT2D eigenvalue weighted by Gasteiger charge is -2.31. The van der Waals surface area contributed by atoms with E-state index in [-0.39, 0.29) is 5.69 Å². The highest BCUT2D eigenvalue weighted by Gasteiger charge is 2.31. The molecule has 1 aromatic carbocycles. The van der Waals surface area contributed by atoms with Gasteiger partial charge in [-0.05, 0) is 25.0 Å². The Kier molecular flexibility index (Phi) is 4.32. The SMILES string of the molecule is O=C([O-])[C@H]1CCCC[C@H]1C(=O)Nc1ccc(F)c(F)c1. The molecule has 20 heavy (non-hydrogen) atoms. The number of aliphatic carboxylic acids is 1. The predicted molar refractivity (Wildman–Crippen MR) is 65.4 cm³/mol. The molecule has 2 atom stereocenters. The third kappa shape index (κ3) is 3.12. The van der Waals surface area contributed by atoms with Gasteiger partial charge in [0.05, 0.1) is 0 Å². The molecule has 1 saturated carbocycles. The number of nitrogens with one attached hydrogen (secondary N) is 1. The molecule has 1 aliphatic carbocycles. The minimum Gasteiger partial charge on any atom is -0.550 e. The molecule has 1 aromatic rings. The number of hydrogen-bond donors (Lipinski definition) is 1. The third-order valence-corrected chi connectivity index (χ3v) is 3.59. The summed E-state index contributed by atoms with van der Waals surface area (Å²) in [6.45, 7) is 0. The Morgan fingerprint density at radius 3 is 2.35 bits per heavy atom. The molecule has 0 radical (unpaired) electrons. The van der Waals surface area contributed by atoms with Gasteiger partial charge in [-0.15, -0.1) is 0 Å². The summed E-state index contributed by atoms with van der Waals surface area (Å²) in [4.78, 5) is 23.1. The van der Waals surface area contributed by atoms with E-state index in [2.05, 4.69) is 5.32 Å². The van der Waals surface area contributed by atoms with Gasteiger partial charge in [0, 0.05) is 29.6 Å². The first-order valence-corrected chi connectivity index (χ1v) is 6.46. The van der Waals surface area contributed by atoms with Crippen LogP contribution >= 0.6 is 0 Å². The van der Waals surface area contributed by atoms with E-state index in [9.17, 15) is 23.5 Å². The van der Waals surface area contributed by atoms with Gasteiger partial charge in [-0.1, -0.05) is 12.8 Å². The van der Waals surface area contributed by atoms with Crippen LogP contribution in [-0.2, 0) is 9.59 Å². The fourth-order valence-electron chi connectivity index (χ4n) is 2.54. The molecule has 6 heteroatoms. The van der Waals surface area contributed by atoms with Crippen molar-refractivity contribution < 1.29 is 23.5 Å². The first-order valence-electron chi connectivity index (χ1n) is 6.46. The van der Waals surface area contributed by atoms with E-state index in [4.69, 9.17) is 0 Å². The maximum atomic E-state index is 13.0. The minimum absolute atomic E-state index is 0.108. The fraction of sp³-hybridized carbons (Fsp3) is 0.429. The Bertz CT molecular complexity index is 533. The smallest absolute Gasteiger partial charge is 0.228 e. The van der Waals surface area contributed by atoms with Gasteiger partial charge >= 0.3 is 0 Å². The van der Waals surface area contributed by atoms with E-state index >= 15 is 0 Å². The lowest BCUT2D eigenvalue weighted by atomic mass is 9.78. The molecule has 0 saturated heterocycles. The largest absolute Gasteiger partial charge is 0.550 e. The second-order valence-electron chi connectivity index (χ2n) is 4.93. The quantitative estimate of drug-likeness (QED) is 0.912. The van der Waals surface area contributed by atoms with Crippen LogP contribution in [0.3, 0.4) is 0 Å². The van der Waals surface area contributed by atoms with Crippen molar-refractivity contribution in [3.8, 4) is 0 Å². The van der Waals surface area contributed by atoms with Crippen LogP contribution in [0.4, 0.5) is 14.5 Å². The van der Waals surface area contributed by atoms with Gasteiger partial charge in [0.15, 0.2) is 11.6 Å². The van der Waals surface area contributed by atoms with Crippen LogP contribution in [0.5, 0.6) is 0 Å². The Morgan fingerprint density at radius 1 is 1.10 bits per heavy atom. The average Bonchev–Trinajstić information content (AvgIpc) is 2.43. The van der Waals surface area contributed by atoms with E-state index < -0.39 is 35.3 Å². The lowest BCUT2D eigenvalue weighted by molar-refractivity contribution is -0.313. The molecule has 0 unspecified atom stereocenters. The molecule has 1 aliphatic rings. The van der Waals surface area contributed by atoms with Crippen molar-refractivity contribution in [3.63, 3.8) is 0 Å². The fourth-order valence-corrected chi connectivity index (χ4v) is 2.54. The standard InChI is InChI=1S/C14H15F2NO3/c15-11-6-5-8(7-12(11)16)17-13(18)9-3-1-2-4-10(9)14(19)20/h5-7,9-10H,1-4H2,(H,17,18)(H,19,20)/p-1/t9-,10+/m1/s1. The van der Waals surface area contributed by atoms with Crippen molar-refractivity contribution in [3.05, 3.63) is 29.8 Å². The van der Waals surface area contributed by atoms with Crippen molar-refractivity contribution >= 4 is 17.6 Å². The zero-order valence-electron chi connectivity index (χ0n) is 10.7. The molecule has 0 bridgehead atoms. The van der Waals surface area contributed by atoms with Crippen LogP contribution < -0.4 is 10.4 Å². The minimum atomic E-state index is -1.24. The number of halogens is 2. The normalized spacial score (nSPS) is 22.3. The Morgan fingerprint density at radius 2 is 1.75 bits per heavy atom. The monoisotopic (exact) mass is 282 g/mol. The van der Waals surface area contributed by atoms with Gasteiger partial charge in [0.2, 0.25) is 5.91 Å². The van der Waals surface area contributed by atoms with Gasteiger partial charge in [-0.25, -0.2) is 8.78 Å². The average molecular weight is 282 g/mol. The van der Waals surface area contributed by atoms with Crippen LogP contribution in [0.1, 0.15) is 25.7 Å². The number of anilines is 1. The second-order valence-corrected chi connectivity index (χ2v) is 4.93. The molecular formula is C14H14F2NO3-. The molecule has 108 valence electrons. The molecule has 0 heterocycles. The molecule has 1 N–H and O–H groups in total. The van der Waals surface area contributed by atoms with Crippen molar-refractivity contribution in [1.82, 2.24) is 0 Å². The number of carbonyl (C=O) groups excluding carboxylic acids is 2. The topological polar surface area (TPSA) is 69.2 Å². The van der Waals surface area contributed by atoms with Crippen molar-refractivity contribution in [2.45, 2.75) is 25.7 Å². The van der Waals surface area contributed by atoms with Crippen molar-refractivity contribution in [2.24, 2.45) is 11.8 Å². The summed E-state index contributed by atoms with van der Waals surface area (Å²) >= 11 is 0. The van der Waals surface area contributed by atoms with E-state index in [1.54, 1.807) is 0 Å². The molecule has 1 amide bonds. The first-order chi connectivity index (χ1) is 9.49. The van der Waals surface area contributed by atoms with E-state index in [1.165, 1.54) is 6.07 Å². The molecule has 0 aliphatic heterocycles. The molecular weight excluding hydrogens is 268 g/mol. The molecule has 2 rings (SSSR count). The number of carboxylic acid groups (broad SMARTS) is 1. The van der Waals surface area contributed by atoms with Crippen molar-refractivity contribution in [1.29, 1.82) is 0 Å². The van der Waals surface area contributed by atoms with Crippen molar-refractivity contribution in [2.75, 3.05) is 5.32 Å². The maximum absolute atomic E-state index is 13.0. The van der Waals surface area contributed by atoms with Gasteiger partial charge in [-0.2, -0.15) is 0 Å². The maximum Gasteiger partial charge on any atom is 0.228 e. The zero-order valence-corrected chi connectivity index (χ0v) is 10.7. The number of hydrogen-bond acceptors (Lipinski definition) is 3. The van der Waals surface area contributed by atoms with Gasteiger partial charge in [0.25, 0.3) is 0 Å². The van der Waals surface area contributed by atoms with E-state index in [1.807, 2.05) is 0 Å². The van der Waals surface area contributed by atoms with Crippen LogP contribution in [0.2, 0.25) is 0 Å². The first kappa shape index (κ1) is 14.4. The Balaban J connectivity index is 2.09. The molecule has 0 spiro atoms. The summed E-state index contributed by atoms with van der Waals surface area (Å²) in [5, 5.41) is 13.4. The molecule has 1 fully saturated rings. The lowest BCUT2D eigenvalue weighted by Crippen LogP contribution is -2.42. The number of carboxylic acids is 1. The highest BCUT2D eigenvalue weighted by atomic mass is 19.2. The molecule has 4 nitrogen and oxygen atoms in total. The van der Waals surface area contributed by atoms with Crippen LogP contribution in [0.25, 0.3) is 0 Å². The van der Waals surface area contributed by atoms with Crippen LogP contribution in [-0.4, -0.2) is 11.9 Å².